The summed E-state index contributed by atoms with van der Waals surface area (Å²) < 4.78 is 8.71. The van der Waals surface area contributed by atoms with Gasteiger partial charge in [-0.3, -0.25) is 14.4 Å². The number of ether oxygens (including phenoxy) is 2. The number of hydrogen-bond acceptors (Lipinski definition) is 5. The van der Waals surface area contributed by atoms with Gasteiger partial charge in [-0.1, -0.05) is 13.8 Å². The number of methoxy groups -OCH3 is 2. The van der Waals surface area contributed by atoms with Crippen LogP contribution in [0.25, 0.3) is 0 Å². The van der Waals surface area contributed by atoms with Crippen LogP contribution < -0.4 is 0 Å². The molecule has 170 valence electrons. The molecule has 0 spiro atoms. The summed E-state index contributed by atoms with van der Waals surface area (Å²) in [4.78, 5) is 30.5. The summed E-state index contributed by atoms with van der Waals surface area (Å²) in [5, 5.41) is 8.07. The number of esters is 2. The van der Waals surface area contributed by atoms with E-state index in [0.29, 0.717) is 32.1 Å². The zero-order chi connectivity index (χ0) is 21.9. The molecule has 0 unspecified atom stereocenters. The maximum absolute atomic E-state index is 10.4. The van der Waals surface area contributed by atoms with Crippen LogP contribution in [0.5, 0.6) is 0 Å². The number of hydrogen-bond donors (Lipinski definition) is 1. The molecule has 6 nitrogen and oxygen atoms in total. The molecule has 0 aromatic rings. The molecule has 0 aliphatic rings. The Morgan fingerprint density at radius 1 is 0.767 bits per heavy atom. The number of aliphatic carboxylic acids is 1. The molecule has 0 rings (SSSR count). The summed E-state index contributed by atoms with van der Waals surface area (Å²) in [6.07, 6.45) is 7.28. The second-order valence-electron chi connectivity index (χ2n) is 4.10. The predicted molar refractivity (Wildman–Crippen MR) is 106 cm³/mol. The third kappa shape index (κ3) is 63.1. The average molecular weight is 932 g/mol. The number of carboxylic acids is 1. The minimum atomic E-state index is -0.784. The van der Waals surface area contributed by atoms with Crippen LogP contribution in [0, 0.1) is 36.0 Å². The SMILES string of the molecule is C#CCCC(=O)OC.CC.CC#CCCC(=O)O.CC#CCCC(=O)OC.[W].[W].[W]. The van der Waals surface area contributed by atoms with Crippen molar-refractivity contribution in [3.05, 3.63) is 0 Å². The maximum Gasteiger partial charge on any atom is 0.306 e. The summed E-state index contributed by atoms with van der Waals surface area (Å²) in [7, 11) is 2.72. The van der Waals surface area contributed by atoms with E-state index in [0.717, 1.165) is 0 Å². The smallest absolute Gasteiger partial charge is 0.306 e. The maximum atomic E-state index is 10.4. The second kappa shape index (κ2) is 46.4. The van der Waals surface area contributed by atoms with Crippen molar-refractivity contribution in [3.8, 4) is 36.0 Å². The Hall–Kier alpha value is -0.845. The van der Waals surface area contributed by atoms with E-state index < -0.39 is 5.97 Å². The van der Waals surface area contributed by atoms with Crippen molar-refractivity contribution >= 4 is 17.9 Å². The van der Waals surface area contributed by atoms with E-state index >= 15 is 0 Å². The molecule has 0 aliphatic carbocycles. The van der Waals surface area contributed by atoms with Gasteiger partial charge in [-0.15, -0.1) is 36.0 Å². The van der Waals surface area contributed by atoms with E-state index in [1.807, 2.05) is 13.8 Å². The number of rotatable bonds is 6. The van der Waals surface area contributed by atoms with Crippen LogP contribution in [-0.2, 0) is 87.1 Å². The Morgan fingerprint density at radius 2 is 1.10 bits per heavy atom. The van der Waals surface area contributed by atoms with Gasteiger partial charge in [0.1, 0.15) is 0 Å². The first-order valence-corrected chi connectivity index (χ1v) is 8.47. The quantitative estimate of drug-likeness (QED) is 0.325. The average Bonchev–Trinajstić information content (AvgIpc) is 2.68. The fraction of sp³-hybridized carbons (Fsp3) is 0.571. The minimum absolute atomic E-state index is 0. The first-order valence-electron chi connectivity index (χ1n) is 8.47. The van der Waals surface area contributed by atoms with Gasteiger partial charge in [-0.25, -0.2) is 0 Å². The van der Waals surface area contributed by atoms with Crippen LogP contribution in [-0.4, -0.2) is 37.2 Å². The number of carbonyl (C=O) groups is 3. The Bertz CT molecular complexity index is 549. The third-order valence-corrected chi connectivity index (χ3v) is 2.20. The molecular formula is C21H32O6W3. The largest absolute Gasteiger partial charge is 0.481 e. The van der Waals surface area contributed by atoms with Crippen molar-refractivity contribution in [3.63, 3.8) is 0 Å². The van der Waals surface area contributed by atoms with Gasteiger partial charge in [0.15, 0.2) is 0 Å². The van der Waals surface area contributed by atoms with Crippen LogP contribution >= 0.6 is 0 Å². The molecule has 0 atom stereocenters. The molecule has 0 bridgehead atoms. The van der Waals surface area contributed by atoms with Crippen LogP contribution in [0.15, 0.2) is 0 Å². The summed E-state index contributed by atoms with van der Waals surface area (Å²) in [5.41, 5.74) is 0. The Labute approximate surface area is 225 Å². The Balaban J connectivity index is -0.0000000484. The van der Waals surface area contributed by atoms with Crippen molar-refractivity contribution < 1.29 is 92.2 Å². The van der Waals surface area contributed by atoms with Gasteiger partial charge in [0.05, 0.1) is 33.5 Å². The minimum Gasteiger partial charge on any atom is -0.481 e. The van der Waals surface area contributed by atoms with Crippen molar-refractivity contribution in [2.75, 3.05) is 14.2 Å². The molecule has 0 saturated carbocycles. The van der Waals surface area contributed by atoms with Gasteiger partial charge in [0.2, 0.25) is 0 Å². The van der Waals surface area contributed by atoms with E-state index in [4.69, 9.17) is 11.5 Å². The van der Waals surface area contributed by atoms with Gasteiger partial charge in [-0.05, 0) is 13.8 Å². The molecule has 1 N–H and O–H groups in total. The first-order chi connectivity index (χ1) is 12.9. The third-order valence-electron chi connectivity index (χ3n) is 2.20. The zero-order valence-electron chi connectivity index (χ0n) is 18.5. The Kier molecular flexibility index (Phi) is 72.8. The molecular weight excluding hydrogens is 900 g/mol. The molecule has 0 fully saturated rings. The normalized spacial score (nSPS) is 6.30. The second-order valence-corrected chi connectivity index (χ2v) is 4.10. The van der Waals surface area contributed by atoms with Crippen molar-refractivity contribution in [2.24, 2.45) is 0 Å². The van der Waals surface area contributed by atoms with Crippen LogP contribution in [0.4, 0.5) is 0 Å². The molecule has 0 saturated heterocycles. The van der Waals surface area contributed by atoms with Crippen LogP contribution in [0.1, 0.15) is 66.2 Å². The molecule has 0 heterocycles. The van der Waals surface area contributed by atoms with E-state index in [1.54, 1.807) is 13.8 Å². The van der Waals surface area contributed by atoms with Crippen molar-refractivity contribution in [1.29, 1.82) is 0 Å². The van der Waals surface area contributed by atoms with Gasteiger partial charge in [0.25, 0.3) is 0 Å². The van der Waals surface area contributed by atoms with E-state index in [-0.39, 0.29) is 81.6 Å². The fourth-order valence-electron chi connectivity index (χ4n) is 0.962. The summed E-state index contributed by atoms with van der Waals surface area (Å²) in [6.45, 7) is 7.44. The topological polar surface area (TPSA) is 89.9 Å². The summed E-state index contributed by atoms with van der Waals surface area (Å²) in [6, 6.07) is 0. The van der Waals surface area contributed by atoms with Gasteiger partial charge < -0.3 is 14.6 Å². The number of carbonyl (C=O) groups excluding carboxylic acids is 2. The molecule has 0 aromatic carbocycles. The monoisotopic (exact) mass is 932 g/mol. The fourth-order valence-corrected chi connectivity index (χ4v) is 0.962. The Morgan fingerprint density at radius 3 is 1.37 bits per heavy atom. The number of carboxylic acid groups (broad SMARTS) is 1. The molecule has 0 aliphatic heterocycles. The van der Waals surface area contributed by atoms with Gasteiger partial charge in [-0.2, -0.15) is 0 Å². The van der Waals surface area contributed by atoms with Gasteiger partial charge >= 0.3 is 17.9 Å². The number of terminal acetylenes is 1. The standard InChI is InChI=1S/C7H10O2.2C6H8O2.C2H6.3W/c1-3-4-5-6-7(8)9-2;1-3-4-5-6(7)8-2;1-2-3-4-5-6(7)8;1-2;;;/h5-6H2,1-2H3;1H,4-5H2,2H3;4-5H2,1H3,(H,7,8);1-2H3;;;. The molecule has 0 aromatic heterocycles. The van der Waals surface area contributed by atoms with Crippen molar-refractivity contribution in [1.82, 2.24) is 0 Å². The van der Waals surface area contributed by atoms with E-state index in [9.17, 15) is 14.4 Å². The molecule has 0 amide bonds. The van der Waals surface area contributed by atoms with E-state index in [1.165, 1.54) is 14.2 Å². The molecule has 0 radical (unpaired) electrons. The van der Waals surface area contributed by atoms with Crippen LogP contribution in [0.2, 0.25) is 0 Å². The molecule has 9 heteroatoms. The molecule has 30 heavy (non-hydrogen) atoms. The summed E-state index contributed by atoms with van der Waals surface area (Å²) in [5.74, 6) is 11.8. The predicted octanol–water partition coefficient (Wildman–Crippen LogP) is 3.43. The van der Waals surface area contributed by atoms with Crippen molar-refractivity contribution in [2.45, 2.75) is 66.2 Å². The first kappa shape index (κ1) is 47.1. The summed E-state index contributed by atoms with van der Waals surface area (Å²) >= 11 is 0. The van der Waals surface area contributed by atoms with Crippen LogP contribution in [0.3, 0.4) is 0 Å². The van der Waals surface area contributed by atoms with E-state index in [2.05, 4.69) is 39.1 Å². The van der Waals surface area contributed by atoms with Gasteiger partial charge in [0, 0.05) is 82.5 Å². The zero-order valence-corrected chi connectivity index (χ0v) is 27.3.